The average molecular weight is 297 g/mol. The predicted molar refractivity (Wildman–Crippen MR) is 81.3 cm³/mol. The van der Waals surface area contributed by atoms with Crippen LogP contribution in [0.4, 0.5) is 0 Å². The van der Waals surface area contributed by atoms with Crippen molar-refractivity contribution >= 4 is 7.60 Å². The van der Waals surface area contributed by atoms with E-state index in [1.54, 1.807) is 0 Å². The fourth-order valence-electron chi connectivity index (χ4n) is 2.99. The van der Waals surface area contributed by atoms with E-state index in [0.717, 1.165) is 12.8 Å². The van der Waals surface area contributed by atoms with Gasteiger partial charge in [-0.3, -0.25) is 4.57 Å². The Morgan fingerprint density at radius 1 is 1.25 bits per heavy atom. The van der Waals surface area contributed by atoms with Crippen molar-refractivity contribution < 1.29 is 13.6 Å². The van der Waals surface area contributed by atoms with Crippen LogP contribution in [0.15, 0.2) is 30.3 Å². The summed E-state index contributed by atoms with van der Waals surface area (Å²) in [6.07, 6.45) is 2.37. The third-order valence-corrected chi connectivity index (χ3v) is 6.40. The Kier molecular flexibility index (Phi) is 4.70. The van der Waals surface area contributed by atoms with Crippen LogP contribution >= 0.6 is 7.60 Å². The molecule has 5 heteroatoms. The molecule has 0 aromatic heterocycles. The topological polar surface area (TPSA) is 38.8 Å². The first-order chi connectivity index (χ1) is 9.47. The van der Waals surface area contributed by atoms with Crippen LogP contribution in [0.5, 0.6) is 0 Å². The molecule has 0 unspecified atom stereocenters. The van der Waals surface area contributed by atoms with Crippen LogP contribution in [0.25, 0.3) is 0 Å². The van der Waals surface area contributed by atoms with Gasteiger partial charge in [-0.1, -0.05) is 30.3 Å². The lowest BCUT2D eigenvalue weighted by atomic mass is 10.0. The maximum atomic E-state index is 12.2. The zero-order valence-corrected chi connectivity index (χ0v) is 13.6. The van der Waals surface area contributed by atoms with Gasteiger partial charge in [0, 0.05) is 25.7 Å². The van der Waals surface area contributed by atoms with Crippen LogP contribution in [0.2, 0.25) is 0 Å². The van der Waals surface area contributed by atoms with E-state index >= 15 is 0 Å². The van der Waals surface area contributed by atoms with Gasteiger partial charge in [0.25, 0.3) is 0 Å². The highest BCUT2D eigenvalue weighted by Gasteiger charge is 2.56. The Hall–Kier alpha value is -0.670. The Morgan fingerprint density at radius 3 is 2.35 bits per heavy atom. The van der Waals surface area contributed by atoms with Crippen LogP contribution in [0.1, 0.15) is 24.3 Å². The first-order valence-electron chi connectivity index (χ1n) is 6.90. The lowest BCUT2D eigenvalue weighted by Crippen LogP contribution is -2.33. The van der Waals surface area contributed by atoms with Gasteiger partial charge in [0.2, 0.25) is 0 Å². The molecule has 0 saturated heterocycles. The highest BCUT2D eigenvalue weighted by molar-refractivity contribution is 7.53. The largest absolute Gasteiger partial charge is 0.330 e. The fraction of sp³-hybridized carbons (Fsp3) is 0.600. The number of nitrogens with zero attached hydrogens (tertiary/aromatic N) is 1. The summed E-state index contributed by atoms with van der Waals surface area (Å²) in [4.78, 5) is 2.25. The Morgan fingerprint density at radius 2 is 1.85 bits per heavy atom. The lowest BCUT2D eigenvalue weighted by molar-refractivity contribution is 0.239. The number of hydrogen-bond acceptors (Lipinski definition) is 4. The van der Waals surface area contributed by atoms with Crippen molar-refractivity contribution in [3.8, 4) is 0 Å². The van der Waals surface area contributed by atoms with Gasteiger partial charge in [0.15, 0.2) is 0 Å². The minimum Gasteiger partial charge on any atom is -0.312 e. The maximum absolute atomic E-state index is 12.2. The van der Waals surface area contributed by atoms with Gasteiger partial charge in [-0.25, -0.2) is 0 Å². The molecule has 1 aliphatic rings. The first-order valence-corrected chi connectivity index (χ1v) is 8.63. The maximum Gasteiger partial charge on any atom is 0.330 e. The molecule has 0 aliphatic heterocycles. The molecule has 1 aromatic rings. The molecular weight excluding hydrogens is 273 g/mol. The molecular formula is C15H24NO3P. The SMILES string of the molecule is COP(=O)(CC[C@@]1(N(C)C)C[C@H]1c1ccccc1)OC. The smallest absolute Gasteiger partial charge is 0.312 e. The zero-order chi connectivity index (χ0) is 14.8. The second kappa shape index (κ2) is 5.98. The van der Waals surface area contributed by atoms with Crippen LogP contribution < -0.4 is 0 Å². The summed E-state index contributed by atoms with van der Waals surface area (Å²) >= 11 is 0. The summed E-state index contributed by atoms with van der Waals surface area (Å²) in [5, 5.41) is 0. The quantitative estimate of drug-likeness (QED) is 0.723. The van der Waals surface area contributed by atoms with Crippen molar-refractivity contribution in [2.45, 2.75) is 24.3 Å². The van der Waals surface area contributed by atoms with Crippen LogP contribution in [-0.2, 0) is 13.6 Å². The summed E-state index contributed by atoms with van der Waals surface area (Å²) in [7, 11) is 4.16. The third kappa shape index (κ3) is 2.99. The van der Waals surface area contributed by atoms with Crippen molar-refractivity contribution in [3.63, 3.8) is 0 Å². The number of likely N-dealkylation sites (N-methyl/N-ethyl adjacent to an activating group) is 1. The molecule has 1 aliphatic carbocycles. The predicted octanol–water partition coefficient (Wildman–Crippen LogP) is 3.35. The molecule has 0 heterocycles. The van der Waals surface area contributed by atoms with Crippen LogP contribution in [-0.4, -0.2) is 44.9 Å². The minimum absolute atomic E-state index is 0.0775. The second-order valence-electron chi connectivity index (χ2n) is 5.62. The molecule has 0 N–H and O–H groups in total. The highest BCUT2D eigenvalue weighted by Crippen LogP contribution is 2.59. The van der Waals surface area contributed by atoms with Gasteiger partial charge in [-0.15, -0.1) is 0 Å². The molecule has 20 heavy (non-hydrogen) atoms. The second-order valence-corrected chi connectivity index (χ2v) is 8.01. The molecule has 0 bridgehead atoms. The minimum atomic E-state index is -2.92. The van der Waals surface area contributed by atoms with E-state index in [2.05, 4.69) is 43.3 Å². The summed E-state index contributed by atoms with van der Waals surface area (Å²) in [6, 6.07) is 10.5. The van der Waals surface area contributed by atoms with Crippen LogP contribution in [0, 0.1) is 0 Å². The van der Waals surface area contributed by atoms with Gasteiger partial charge >= 0.3 is 7.60 Å². The number of rotatable bonds is 7. The Labute approximate surface area is 121 Å². The van der Waals surface area contributed by atoms with E-state index in [-0.39, 0.29) is 5.54 Å². The van der Waals surface area contributed by atoms with Gasteiger partial charge in [-0.2, -0.15) is 0 Å². The summed E-state index contributed by atoms with van der Waals surface area (Å²) in [5.41, 5.74) is 1.43. The van der Waals surface area contributed by atoms with E-state index in [4.69, 9.17) is 9.05 Å². The average Bonchev–Trinajstić information content (AvgIpc) is 3.22. The molecule has 2 atom stereocenters. The van der Waals surface area contributed by atoms with E-state index in [1.807, 2.05) is 6.07 Å². The molecule has 4 nitrogen and oxygen atoms in total. The van der Waals surface area contributed by atoms with E-state index < -0.39 is 7.60 Å². The first kappa shape index (κ1) is 15.7. The highest BCUT2D eigenvalue weighted by atomic mass is 31.2. The van der Waals surface area contributed by atoms with Crippen molar-refractivity contribution in [3.05, 3.63) is 35.9 Å². The summed E-state index contributed by atoms with van der Waals surface area (Å²) in [6.45, 7) is 0. The van der Waals surface area contributed by atoms with Gasteiger partial charge in [0.1, 0.15) is 0 Å². The zero-order valence-electron chi connectivity index (χ0n) is 12.7. The Bertz CT molecular complexity index is 483. The molecule has 0 radical (unpaired) electrons. The normalized spacial score (nSPS) is 25.9. The lowest BCUT2D eigenvalue weighted by Gasteiger charge is -2.27. The van der Waals surface area contributed by atoms with E-state index in [9.17, 15) is 4.57 Å². The molecule has 2 rings (SSSR count). The third-order valence-electron chi connectivity index (χ3n) is 4.51. The summed E-state index contributed by atoms with van der Waals surface area (Å²) < 4.78 is 22.3. The number of benzene rings is 1. The molecule has 112 valence electrons. The van der Waals surface area contributed by atoms with Crippen LogP contribution in [0.3, 0.4) is 0 Å². The molecule has 1 aromatic carbocycles. The van der Waals surface area contributed by atoms with Gasteiger partial charge < -0.3 is 13.9 Å². The molecule has 1 fully saturated rings. The monoisotopic (exact) mass is 297 g/mol. The molecule has 1 saturated carbocycles. The van der Waals surface area contributed by atoms with E-state index in [0.29, 0.717) is 12.1 Å². The summed E-state index contributed by atoms with van der Waals surface area (Å²) in [5.74, 6) is 0.501. The molecule has 0 amide bonds. The van der Waals surface area contributed by atoms with Crippen molar-refractivity contribution in [2.75, 3.05) is 34.5 Å². The van der Waals surface area contributed by atoms with Gasteiger partial charge in [-0.05, 0) is 32.5 Å². The standard InChI is InChI=1S/C15H24NO3P/c1-16(2)15(10-11-20(17,18-3)19-4)12-14(15)13-8-6-5-7-9-13/h5-9,14H,10-12H2,1-4H3/t14-,15+/m0/s1. The number of hydrogen-bond donors (Lipinski definition) is 0. The van der Waals surface area contributed by atoms with Crippen molar-refractivity contribution in [1.29, 1.82) is 0 Å². The van der Waals surface area contributed by atoms with E-state index in [1.165, 1.54) is 19.8 Å². The molecule has 0 spiro atoms. The van der Waals surface area contributed by atoms with Gasteiger partial charge in [0.05, 0.1) is 6.16 Å². The van der Waals surface area contributed by atoms with Crippen molar-refractivity contribution in [1.82, 2.24) is 4.90 Å². The van der Waals surface area contributed by atoms with Crippen molar-refractivity contribution in [2.24, 2.45) is 0 Å². The fourth-order valence-corrected chi connectivity index (χ4v) is 4.17. The Balaban J connectivity index is 2.09.